The highest BCUT2D eigenvalue weighted by atomic mass is 16.1. The van der Waals surface area contributed by atoms with Crippen LogP contribution in [0.25, 0.3) is 0 Å². The zero-order valence-corrected chi connectivity index (χ0v) is 11.4. The normalized spacial score (nSPS) is 20.5. The number of carbonyl (C=O) groups is 1. The zero-order chi connectivity index (χ0) is 12.5. The third kappa shape index (κ3) is 6.06. The Morgan fingerprint density at radius 1 is 1.35 bits per heavy atom. The molecule has 17 heavy (non-hydrogen) atoms. The number of piperidine rings is 1. The summed E-state index contributed by atoms with van der Waals surface area (Å²) < 4.78 is 0. The number of rotatable bonds is 7. The van der Waals surface area contributed by atoms with E-state index in [1.807, 2.05) is 0 Å². The quantitative estimate of drug-likeness (QED) is 0.718. The molecule has 1 amide bonds. The van der Waals surface area contributed by atoms with Gasteiger partial charge >= 0.3 is 0 Å². The van der Waals surface area contributed by atoms with Crippen LogP contribution in [-0.4, -0.2) is 25.0 Å². The molecule has 2 N–H and O–H groups in total. The lowest BCUT2D eigenvalue weighted by Crippen LogP contribution is -2.36. The largest absolute Gasteiger partial charge is 0.356 e. The van der Waals surface area contributed by atoms with Crippen LogP contribution in [0.4, 0.5) is 0 Å². The van der Waals surface area contributed by atoms with Crippen molar-refractivity contribution in [2.24, 2.45) is 5.92 Å². The van der Waals surface area contributed by atoms with Crippen LogP contribution in [0.3, 0.4) is 0 Å². The minimum atomic E-state index is 0.226. The summed E-state index contributed by atoms with van der Waals surface area (Å²) >= 11 is 0. The summed E-state index contributed by atoms with van der Waals surface area (Å²) in [6, 6.07) is 0.572. The average molecular weight is 240 g/mol. The van der Waals surface area contributed by atoms with E-state index in [0.717, 1.165) is 32.4 Å². The molecule has 1 heterocycles. The molecule has 1 aliphatic rings. The summed E-state index contributed by atoms with van der Waals surface area (Å²) in [6.07, 6.45) is 7.82. The van der Waals surface area contributed by atoms with Crippen molar-refractivity contribution >= 4 is 5.91 Å². The average Bonchev–Trinajstić information content (AvgIpc) is 2.39. The highest BCUT2D eigenvalue weighted by Crippen LogP contribution is 2.11. The fraction of sp³-hybridized carbons (Fsp3) is 0.929. The van der Waals surface area contributed by atoms with Crippen LogP contribution >= 0.6 is 0 Å². The third-order valence-electron chi connectivity index (χ3n) is 3.87. The van der Waals surface area contributed by atoms with Gasteiger partial charge in [-0.05, 0) is 31.7 Å². The molecule has 1 saturated heterocycles. The van der Waals surface area contributed by atoms with Gasteiger partial charge in [0.1, 0.15) is 0 Å². The van der Waals surface area contributed by atoms with Crippen molar-refractivity contribution in [3.05, 3.63) is 0 Å². The standard InChI is InChI=1S/C14H28N2O/c1-3-12(4-2)11-16-14(17)9-8-13-7-5-6-10-15-13/h12-13,15H,3-11H2,1-2H3,(H,16,17). The van der Waals surface area contributed by atoms with Crippen LogP contribution in [0.1, 0.15) is 58.8 Å². The molecule has 0 aromatic heterocycles. The lowest BCUT2D eigenvalue weighted by atomic mass is 10.00. The first-order valence-electron chi connectivity index (χ1n) is 7.26. The van der Waals surface area contributed by atoms with Gasteiger partial charge in [-0.15, -0.1) is 0 Å². The van der Waals surface area contributed by atoms with E-state index < -0.39 is 0 Å². The van der Waals surface area contributed by atoms with E-state index in [4.69, 9.17) is 0 Å². The van der Waals surface area contributed by atoms with E-state index in [9.17, 15) is 4.79 Å². The molecule has 3 heteroatoms. The molecule has 1 aliphatic heterocycles. The van der Waals surface area contributed by atoms with Gasteiger partial charge in [0.2, 0.25) is 5.91 Å². The summed E-state index contributed by atoms with van der Waals surface area (Å²) in [6.45, 7) is 6.35. The van der Waals surface area contributed by atoms with Crippen LogP contribution < -0.4 is 10.6 Å². The Labute approximate surface area is 106 Å². The highest BCUT2D eigenvalue weighted by Gasteiger charge is 2.14. The van der Waals surface area contributed by atoms with Crippen LogP contribution in [0.15, 0.2) is 0 Å². The van der Waals surface area contributed by atoms with Gasteiger partial charge in [-0.25, -0.2) is 0 Å². The van der Waals surface area contributed by atoms with Gasteiger partial charge in [0.15, 0.2) is 0 Å². The molecule has 1 rings (SSSR count). The van der Waals surface area contributed by atoms with Gasteiger partial charge in [-0.1, -0.05) is 33.1 Å². The molecule has 1 fully saturated rings. The maximum atomic E-state index is 11.7. The summed E-state index contributed by atoms with van der Waals surface area (Å²) in [5.74, 6) is 0.871. The van der Waals surface area contributed by atoms with Gasteiger partial charge in [0.25, 0.3) is 0 Å². The topological polar surface area (TPSA) is 41.1 Å². The summed E-state index contributed by atoms with van der Waals surface area (Å²) in [5.41, 5.74) is 0. The van der Waals surface area contributed by atoms with Crippen molar-refractivity contribution in [1.82, 2.24) is 10.6 Å². The second-order valence-electron chi connectivity index (χ2n) is 5.17. The van der Waals surface area contributed by atoms with Crippen LogP contribution in [0.5, 0.6) is 0 Å². The number of amides is 1. The first-order chi connectivity index (χ1) is 8.26. The molecule has 1 unspecified atom stereocenters. The molecule has 0 aromatic rings. The second-order valence-corrected chi connectivity index (χ2v) is 5.17. The van der Waals surface area contributed by atoms with Crippen molar-refractivity contribution < 1.29 is 4.79 Å². The molecule has 100 valence electrons. The molecule has 3 nitrogen and oxygen atoms in total. The SMILES string of the molecule is CCC(CC)CNC(=O)CCC1CCCCN1. The predicted molar refractivity (Wildman–Crippen MR) is 72.0 cm³/mol. The first-order valence-corrected chi connectivity index (χ1v) is 7.26. The predicted octanol–water partition coefficient (Wildman–Crippen LogP) is 2.46. The van der Waals surface area contributed by atoms with Gasteiger partial charge in [-0.2, -0.15) is 0 Å². The van der Waals surface area contributed by atoms with E-state index in [1.165, 1.54) is 19.3 Å². The van der Waals surface area contributed by atoms with Crippen LogP contribution in [0, 0.1) is 5.92 Å². The van der Waals surface area contributed by atoms with Crippen molar-refractivity contribution in [1.29, 1.82) is 0 Å². The molecule has 1 atom stereocenters. The van der Waals surface area contributed by atoms with Crippen molar-refractivity contribution in [2.75, 3.05) is 13.1 Å². The van der Waals surface area contributed by atoms with E-state index in [-0.39, 0.29) is 5.91 Å². The molecule has 0 bridgehead atoms. The lowest BCUT2D eigenvalue weighted by Gasteiger charge is -2.23. The van der Waals surface area contributed by atoms with Gasteiger partial charge in [-0.3, -0.25) is 4.79 Å². The van der Waals surface area contributed by atoms with Crippen LogP contribution in [0.2, 0.25) is 0 Å². The van der Waals surface area contributed by atoms with Crippen LogP contribution in [-0.2, 0) is 4.79 Å². The fourth-order valence-electron chi connectivity index (χ4n) is 2.40. The minimum Gasteiger partial charge on any atom is -0.356 e. The molecular formula is C14H28N2O. The van der Waals surface area contributed by atoms with Crippen molar-refractivity contribution in [2.45, 2.75) is 64.8 Å². The van der Waals surface area contributed by atoms with Gasteiger partial charge in [0, 0.05) is 19.0 Å². The molecule has 0 radical (unpaired) electrons. The number of carbonyl (C=O) groups excluding carboxylic acids is 1. The monoisotopic (exact) mass is 240 g/mol. The van der Waals surface area contributed by atoms with Gasteiger partial charge in [0.05, 0.1) is 0 Å². The minimum absolute atomic E-state index is 0.226. The molecule has 0 spiro atoms. The maximum Gasteiger partial charge on any atom is 0.220 e. The summed E-state index contributed by atoms with van der Waals surface area (Å²) in [4.78, 5) is 11.7. The molecule has 0 aliphatic carbocycles. The van der Waals surface area contributed by atoms with E-state index in [2.05, 4.69) is 24.5 Å². The first kappa shape index (κ1) is 14.5. The van der Waals surface area contributed by atoms with E-state index in [0.29, 0.717) is 18.4 Å². The Morgan fingerprint density at radius 2 is 2.12 bits per heavy atom. The fourth-order valence-corrected chi connectivity index (χ4v) is 2.40. The number of hydrogen-bond acceptors (Lipinski definition) is 2. The van der Waals surface area contributed by atoms with E-state index >= 15 is 0 Å². The Morgan fingerprint density at radius 3 is 2.71 bits per heavy atom. The zero-order valence-electron chi connectivity index (χ0n) is 11.4. The molecule has 0 saturated carbocycles. The third-order valence-corrected chi connectivity index (χ3v) is 3.87. The number of hydrogen-bond donors (Lipinski definition) is 2. The molecular weight excluding hydrogens is 212 g/mol. The van der Waals surface area contributed by atoms with E-state index in [1.54, 1.807) is 0 Å². The smallest absolute Gasteiger partial charge is 0.220 e. The summed E-state index contributed by atoms with van der Waals surface area (Å²) in [5, 5.41) is 6.54. The highest BCUT2D eigenvalue weighted by molar-refractivity contribution is 5.75. The Balaban J connectivity index is 2.07. The Hall–Kier alpha value is -0.570. The number of nitrogens with one attached hydrogen (secondary N) is 2. The molecule has 0 aromatic carbocycles. The summed E-state index contributed by atoms with van der Waals surface area (Å²) in [7, 11) is 0. The Kier molecular flexibility index (Phi) is 7.25. The van der Waals surface area contributed by atoms with Gasteiger partial charge < -0.3 is 10.6 Å². The Bertz CT molecular complexity index is 208. The lowest BCUT2D eigenvalue weighted by molar-refractivity contribution is -0.121. The second kappa shape index (κ2) is 8.51. The van der Waals surface area contributed by atoms with Crippen molar-refractivity contribution in [3.8, 4) is 0 Å². The van der Waals surface area contributed by atoms with Crippen molar-refractivity contribution in [3.63, 3.8) is 0 Å². The maximum absolute atomic E-state index is 11.7.